The quantitative estimate of drug-likeness (QED) is 0.523. The van der Waals surface area contributed by atoms with Gasteiger partial charge in [-0.2, -0.15) is 31.5 Å². The van der Waals surface area contributed by atoms with Crippen molar-refractivity contribution in [1.29, 1.82) is 0 Å². The molecule has 144 valence electrons. The van der Waals surface area contributed by atoms with Crippen molar-refractivity contribution < 1.29 is 26.4 Å². The van der Waals surface area contributed by atoms with Gasteiger partial charge >= 0.3 is 12.1 Å². The molecule has 0 aromatic heterocycles. The number of amides is 1. The fourth-order valence-corrected chi connectivity index (χ4v) is 3.00. The Morgan fingerprint density at radius 1 is 1.11 bits per heavy atom. The van der Waals surface area contributed by atoms with E-state index in [1.165, 1.54) is 43.3 Å². The number of hydrazone groups is 1. The Hall–Kier alpha value is -2.40. The first-order valence-electron chi connectivity index (χ1n) is 7.29. The lowest BCUT2D eigenvalue weighted by Crippen LogP contribution is -2.29. The van der Waals surface area contributed by atoms with Gasteiger partial charge in [0.15, 0.2) is 0 Å². The van der Waals surface area contributed by atoms with E-state index in [1.807, 2.05) is 0 Å². The first kappa shape index (κ1) is 20.9. The van der Waals surface area contributed by atoms with Gasteiger partial charge in [0.1, 0.15) is 0 Å². The van der Waals surface area contributed by atoms with Crippen LogP contribution >= 0.6 is 15.9 Å². The molecule has 0 spiro atoms. The average molecular weight is 464 g/mol. The minimum Gasteiger partial charge on any atom is -0.318 e. The minimum absolute atomic E-state index is 0.00607. The molecule has 0 heterocycles. The van der Waals surface area contributed by atoms with Crippen molar-refractivity contribution in [2.24, 2.45) is 5.10 Å². The highest BCUT2D eigenvalue weighted by Gasteiger charge is 2.38. The molecular formula is C16H13BrF3N3O3S. The molecule has 2 aromatic rings. The van der Waals surface area contributed by atoms with E-state index in [0.717, 1.165) is 0 Å². The monoisotopic (exact) mass is 463 g/mol. The van der Waals surface area contributed by atoms with Crippen molar-refractivity contribution in [3.8, 4) is 0 Å². The lowest BCUT2D eigenvalue weighted by Gasteiger charge is -2.10. The lowest BCUT2D eigenvalue weighted by molar-refractivity contribution is -0.167. The highest BCUT2D eigenvalue weighted by Crippen LogP contribution is 2.19. The fraction of sp³-hybridized carbons (Fsp3) is 0.125. The standard InChI is InChI=1S/C16H13BrF3N3O3S/c1-10(22-23-27(25,26)14-7-5-12(17)6-8-14)11-3-2-4-13(9-11)21-15(24)16(18,19)20/h2-9,23H,1H3,(H,21,24). The molecule has 6 nitrogen and oxygen atoms in total. The SMILES string of the molecule is CC(=NNS(=O)(=O)c1ccc(Br)cc1)c1cccc(NC(=O)C(F)(F)F)c1. The number of carbonyl (C=O) groups excluding carboxylic acids is 1. The smallest absolute Gasteiger partial charge is 0.318 e. The molecule has 0 aliphatic rings. The Balaban J connectivity index is 2.17. The molecule has 0 unspecified atom stereocenters. The molecule has 0 aliphatic carbocycles. The van der Waals surface area contributed by atoms with Crippen molar-refractivity contribution in [2.75, 3.05) is 5.32 Å². The number of sulfonamides is 1. The van der Waals surface area contributed by atoms with Crippen LogP contribution in [0.25, 0.3) is 0 Å². The Labute approximate surface area is 161 Å². The number of anilines is 1. The second kappa shape index (κ2) is 8.09. The molecule has 2 rings (SSSR count). The van der Waals surface area contributed by atoms with Crippen molar-refractivity contribution in [1.82, 2.24) is 4.83 Å². The number of nitrogens with one attached hydrogen (secondary N) is 2. The molecule has 11 heteroatoms. The third-order valence-corrected chi connectivity index (χ3v) is 5.01. The van der Waals surface area contributed by atoms with E-state index in [9.17, 15) is 26.4 Å². The number of nitrogens with zero attached hydrogens (tertiary/aromatic N) is 1. The van der Waals surface area contributed by atoms with Gasteiger partial charge < -0.3 is 5.32 Å². The van der Waals surface area contributed by atoms with E-state index in [1.54, 1.807) is 17.4 Å². The Kier molecular flexibility index (Phi) is 6.26. The maximum atomic E-state index is 12.3. The molecule has 0 radical (unpaired) electrons. The van der Waals surface area contributed by atoms with Gasteiger partial charge in [0.2, 0.25) is 0 Å². The summed E-state index contributed by atoms with van der Waals surface area (Å²) in [5.41, 5.74) is 0.424. The predicted molar refractivity (Wildman–Crippen MR) is 97.8 cm³/mol. The van der Waals surface area contributed by atoms with Gasteiger partial charge in [-0.15, -0.1) is 0 Å². The third-order valence-electron chi connectivity index (χ3n) is 3.25. The van der Waals surface area contributed by atoms with Gasteiger partial charge in [0.05, 0.1) is 10.6 Å². The molecule has 2 N–H and O–H groups in total. The van der Waals surface area contributed by atoms with E-state index in [0.29, 0.717) is 10.0 Å². The van der Waals surface area contributed by atoms with Crippen molar-refractivity contribution in [2.45, 2.75) is 18.0 Å². The van der Waals surface area contributed by atoms with Crippen LogP contribution in [0.4, 0.5) is 18.9 Å². The Morgan fingerprint density at radius 2 is 1.74 bits per heavy atom. The number of halogens is 4. The summed E-state index contributed by atoms with van der Waals surface area (Å²) in [4.78, 5) is 13.0. The number of hydrogen-bond donors (Lipinski definition) is 2. The Morgan fingerprint density at radius 3 is 2.33 bits per heavy atom. The molecule has 1 amide bonds. The van der Waals surface area contributed by atoms with E-state index in [-0.39, 0.29) is 16.3 Å². The summed E-state index contributed by atoms with van der Waals surface area (Å²) >= 11 is 3.20. The summed E-state index contributed by atoms with van der Waals surface area (Å²) in [7, 11) is -3.91. The van der Waals surface area contributed by atoms with Crippen molar-refractivity contribution >= 4 is 43.3 Å². The summed E-state index contributed by atoms with van der Waals surface area (Å²) in [6, 6.07) is 11.3. The first-order valence-corrected chi connectivity index (χ1v) is 9.57. The van der Waals surface area contributed by atoms with Crippen LogP contribution in [0.3, 0.4) is 0 Å². The van der Waals surface area contributed by atoms with Gasteiger partial charge in [-0.1, -0.05) is 28.1 Å². The van der Waals surface area contributed by atoms with Gasteiger partial charge in [0, 0.05) is 10.2 Å². The molecule has 0 fully saturated rings. The highest BCUT2D eigenvalue weighted by atomic mass is 79.9. The maximum absolute atomic E-state index is 12.3. The number of hydrogen-bond acceptors (Lipinski definition) is 4. The van der Waals surface area contributed by atoms with Crippen molar-refractivity contribution in [3.63, 3.8) is 0 Å². The predicted octanol–water partition coefficient (Wildman–Crippen LogP) is 3.65. The van der Waals surface area contributed by atoms with Crippen LogP contribution in [0.2, 0.25) is 0 Å². The van der Waals surface area contributed by atoms with Crippen LogP contribution in [-0.2, 0) is 14.8 Å². The summed E-state index contributed by atoms with van der Waals surface area (Å²) in [5, 5.41) is 5.48. The summed E-state index contributed by atoms with van der Waals surface area (Å²) < 4.78 is 62.0. The van der Waals surface area contributed by atoms with Gasteiger partial charge in [0.25, 0.3) is 10.0 Å². The molecule has 27 heavy (non-hydrogen) atoms. The zero-order chi connectivity index (χ0) is 20.2. The largest absolute Gasteiger partial charge is 0.471 e. The van der Waals surface area contributed by atoms with Gasteiger partial charge in [-0.25, -0.2) is 0 Å². The van der Waals surface area contributed by atoms with Crippen LogP contribution in [-0.4, -0.2) is 26.2 Å². The number of rotatable bonds is 5. The molecule has 2 aromatic carbocycles. The molecule has 0 saturated heterocycles. The summed E-state index contributed by atoms with van der Waals surface area (Å²) in [6.07, 6.45) is -5.01. The zero-order valence-corrected chi connectivity index (χ0v) is 16.1. The number of benzene rings is 2. The Bertz CT molecular complexity index is 974. The van der Waals surface area contributed by atoms with Gasteiger partial charge in [-0.3, -0.25) is 4.79 Å². The normalized spacial score (nSPS) is 12.6. The topological polar surface area (TPSA) is 87.6 Å². The maximum Gasteiger partial charge on any atom is 0.471 e. The highest BCUT2D eigenvalue weighted by molar-refractivity contribution is 9.10. The molecular weight excluding hydrogens is 451 g/mol. The second-order valence-electron chi connectivity index (χ2n) is 5.28. The van der Waals surface area contributed by atoms with Crippen LogP contribution in [0.1, 0.15) is 12.5 Å². The number of carbonyl (C=O) groups is 1. The van der Waals surface area contributed by atoms with Crippen LogP contribution in [0.15, 0.2) is 63.0 Å². The minimum atomic E-state index is -5.01. The fourth-order valence-electron chi connectivity index (χ4n) is 1.88. The van der Waals surface area contributed by atoms with Crippen LogP contribution in [0.5, 0.6) is 0 Å². The van der Waals surface area contributed by atoms with Gasteiger partial charge in [-0.05, 0) is 48.9 Å². The second-order valence-corrected chi connectivity index (χ2v) is 7.86. The van der Waals surface area contributed by atoms with E-state index >= 15 is 0 Å². The third kappa shape index (κ3) is 5.79. The van der Waals surface area contributed by atoms with Crippen LogP contribution < -0.4 is 10.1 Å². The summed E-state index contributed by atoms with van der Waals surface area (Å²) in [6.45, 7) is 1.47. The lowest BCUT2D eigenvalue weighted by atomic mass is 10.1. The average Bonchev–Trinajstić information content (AvgIpc) is 2.59. The van der Waals surface area contributed by atoms with E-state index in [2.05, 4.69) is 25.9 Å². The number of alkyl halides is 3. The van der Waals surface area contributed by atoms with Crippen LogP contribution in [0, 0.1) is 0 Å². The van der Waals surface area contributed by atoms with E-state index in [4.69, 9.17) is 0 Å². The zero-order valence-electron chi connectivity index (χ0n) is 13.7. The molecule has 0 aliphatic heterocycles. The van der Waals surface area contributed by atoms with Crippen molar-refractivity contribution in [3.05, 3.63) is 58.6 Å². The molecule has 0 atom stereocenters. The molecule has 0 saturated carbocycles. The van der Waals surface area contributed by atoms with E-state index < -0.39 is 22.1 Å². The molecule has 0 bridgehead atoms. The first-order chi connectivity index (χ1) is 12.5. The summed E-state index contributed by atoms with van der Waals surface area (Å²) in [5.74, 6) is -2.11.